The monoisotopic (exact) mass is 476 g/mol. The number of hydrogen-bond acceptors (Lipinski definition) is 9. The maximum absolute atomic E-state index is 11.4. The third-order valence-electron chi connectivity index (χ3n) is 6.01. The molecule has 0 saturated carbocycles. The Kier molecular flexibility index (Phi) is 7.36. The Morgan fingerprint density at radius 1 is 1.24 bits per heavy atom. The Morgan fingerprint density at radius 3 is 2.76 bits per heavy atom. The van der Waals surface area contributed by atoms with Gasteiger partial charge in [0.2, 0.25) is 5.95 Å². The van der Waals surface area contributed by atoms with E-state index >= 15 is 0 Å². The first-order valence-electron chi connectivity index (χ1n) is 10.5. The van der Waals surface area contributed by atoms with Crippen molar-refractivity contribution < 1.29 is 72.0 Å². The maximum atomic E-state index is 11.4. The van der Waals surface area contributed by atoms with Crippen molar-refractivity contribution in [1.82, 2.24) is 20.0 Å². The minimum atomic E-state index is -1.10. The number of rotatable bonds is 5. The van der Waals surface area contributed by atoms with Gasteiger partial charge in [0.05, 0.1) is 12.8 Å². The van der Waals surface area contributed by atoms with Crippen LogP contribution in [0.25, 0.3) is 11.5 Å². The van der Waals surface area contributed by atoms with Gasteiger partial charge in [-0.2, -0.15) is 0 Å². The zero-order valence-corrected chi connectivity index (χ0v) is 22.1. The van der Waals surface area contributed by atoms with E-state index in [4.69, 9.17) is 9.26 Å². The molecule has 5 rings (SSSR count). The third kappa shape index (κ3) is 4.79. The molecule has 2 N–H and O–H groups in total. The fraction of sp³-hybridized carbons (Fsp3) is 0.364. The van der Waals surface area contributed by atoms with Crippen LogP contribution in [-0.4, -0.2) is 71.4 Å². The van der Waals surface area contributed by atoms with E-state index < -0.39 is 5.97 Å². The van der Waals surface area contributed by atoms with Crippen LogP contribution in [0, 0.1) is 0 Å². The summed E-state index contributed by atoms with van der Waals surface area (Å²) in [6.45, 7) is 3.99. The van der Waals surface area contributed by atoms with Gasteiger partial charge in [-0.05, 0) is 32.0 Å². The predicted octanol–water partition coefficient (Wildman–Crippen LogP) is -0.451. The molecule has 3 heterocycles. The number of aryl methyl sites for hydroxylation is 1. The van der Waals surface area contributed by atoms with Crippen LogP contribution in [0.5, 0.6) is 5.75 Å². The van der Waals surface area contributed by atoms with Gasteiger partial charge in [-0.25, -0.2) is 14.8 Å². The van der Waals surface area contributed by atoms with Gasteiger partial charge in [0.1, 0.15) is 11.4 Å². The van der Waals surface area contributed by atoms with Crippen LogP contribution in [0.1, 0.15) is 23.0 Å². The van der Waals surface area contributed by atoms with Gasteiger partial charge in [-0.3, -0.25) is 0 Å². The van der Waals surface area contributed by atoms with Crippen LogP contribution >= 0.6 is 0 Å². The molecule has 1 saturated heterocycles. The second-order valence-electron chi connectivity index (χ2n) is 8.01. The number of hydrogen-bond donors (Lipinski definition) is 2. The number of fused-ring (bicyclic) bond motifs is 3. The number of benzene rings is 1. The van der Waals surface area contributed by atoms with E-state index in [9.17, 15) is 9.90 Å². The maximum Gasteiger partial charge on any atom is 1.00 e. The van der Waals surface area contributed by atoms with E-state index in [1.165, 1.54) is 0 Å². The number of carboxylic acid groups (broad SMARTS) is 1. The van der Waals surface area contributed by atoms with Gasteiger partial charge in [-0.15, -0.1) is 0 Å². The number of methoxy groups -OCH3 is 1. The third-order valence-corrected chi connectivity index (χ3v) is 6.01. The van der Waals surface area contributed by atoms with E-state index in [1.54, 1.807) is 13.3 Å². The summed E-state index contributed by atoms with van der Waals surface area (Å²) in [5.41, 5.74) is 3.83. The molecule has 0 radical (unpaired) electrons. The van der Waals surface area contributed by atoms with Crippen molar-refractivity contribution in [3.63, 3.8) is 0 Å². The molecule has 1 aromatic carbocycles. The Morgan fingerprint density at radius 2 is 2.03 bits per heavy atom. The molecular weight excluding hydrogens is 451 g/mol. The molecule has 10 nitrogen and oxygen atoms in total. The fourth-order valence-corrected chi connectivity index (χ4v) is 4.17. The van der Waals surface area contributed by atoms with Crippen LogP contribution in [0.4, 0.5) is 17.3 Å². The topological polar surface area (TPSA) is 117 Å². The Hall–Kier alpha value is -2.02. The molecule has 1 aliphatic heterocycles. The number of piperazine rings is 1. The first kappa shape index (κ1) is 24.1. The number of nitrogens with one attached hydrogen (secondary N) is 1. The minimum Gasteiger partial charge on any atom is -1.00 e. The molecule has 0 atom stereocenters. The van der Waals surface area contributed by atoms with Gasteiger partial charge in [-0.1, -0.05) is 5.16 Å². The van der Waals surface area contributed by atoms with Crippen molar-refractivity contribution in [1.29, 1.82) is 0 Å². The Labute approximate surface area is 235 Å². The molecule has 33 heavy (non-hydrogen) atoms. The van der Waals surface area contributed by atoms with Crippen molar-refractivity contribution in [3.8, 4) is 17.2 Å². The van der Waals surface area contributed by atoms with Crippen molar-refractivity contribution in [2.75, 3.05) is 50.6 Å². The number of aromatic carboxylic acids is 1. The Balaban J connectivity index is 0.00000162. The number of ether oxygens (including phenoxy) is 1. The molecule has 0 bridgehead atoms. The molecule has 2 aromatic heterocycles. The number of carboxylic acids is 1. The zero-order chi connectivity index (χ0) is 22.2. The molecule has 3 aromatic rings. The molecule has 0 amide bonds. The van der Waals surface area contributed by atoms with Crippen LogP contribution in [0.2, 0.25) is 0 Å². The molecule has 11 heteroatoms. The van der Waals surface area contributed by atoms with Gasteiger partial charge >= 0.3 is 57.4 Å². The van der Waals surface area contributed by atoms with Crippen molar-refractivity contribution in [2.24, 2.45) is 0 Å². The molecule has 0 unspecified atom stereocenters. The van der Waals surface area contributed by atoms with Gasteiger partial charge in [0, 0.05) is 55.3 Å². The van der Waals surface area contributed by atoms with Crippen molar-refractivity contribution in [3.05, 3.63) is 41.2 Å². The molecule has 2 aliphatic rings. The number of carbonyl (C=O) groups is 1. The summed E-state index contributed by atoms with van der Waals surface area (Å²) in [5.74, 6) is 0.356. The second-order valence-corrected chi connectivity index (χ2v) is 8.01. The molecular formula is C22H25KN6O4. The van der Waals surface area contributed by atoms with E-state index in [-0.39, 0.29) is 58.5 Å². The number of anilines is 3. The second kappa shape index (κ2) is 10.1. The normalized spacial score (nSPS) is 15.3. The predicted molar refractivity (Wildman–Crippen MR) is 119 cm³/mol. The minimum absolute atomic E-state index is 0. The van der Waals surface area contributed by atoms with Crippen molar-refractivity contribution in [2.45, 2.75) is 12.8 Å². The fourth-order valence-electron chi connectivity index (χ4n) is 4.17. The summed E-state index contributed by atoms with van der Waals surface area (Å²) in [4.78, 5) is 25.1. The summed E-state index contributed by atoms with van der Waals surface area (Å²) in [7, 11) is 3.77. The van der Waals surface area contributed by atoms with Gasteiger partial charge in [0.25, 0.3) is 0 Å². The molecule has 0 spiro atoms. The summed E-state index contributed by atoms with van der Waals surface area (Å²) in [6.07, 6.45) is 2.90. The first-order chi connectivity index (χ1) is 15.5. The Bertz CT molecular complexity index is 1180. The standard InChI is InChI=1S/C22H24N6O4.K.H/c1-27-7-9-28(10-8-27)14-4-6-16(17(11-14)31-2)24-22-23-12-13-3-5-15-19(21(29)30)26-32-20(15)18(13)25-22;;/h4,6,11-12H,3,5,7-10H2,1-2H3,(H,29,30)(H,23,24,25);;/q;+1;-1. The summed E-state index contributed by atoms with van der Waals surface area (Å²) < 4.78 is 11.0. The van der Waals surface area contributed by atoms with E-state index in [0.29, 0.717) is 41.6 Å². The van der Waals surface area contributed by atoms with Gasteiger partial charge < -0.3 is 30.9 Å². The zero-order valence-electron chi connectivity index (χ0n) is 20.0. The summed E-state index contributed by atoms with van der Waals surface area (Å²) in [6, 6.07) is 6.03. The summed E-state index contributed by atoms with van der Waals surface area (Å²) in [5, 5.41) is 16.3. The molecule has 168 valence electrons. The number of aromatic nitrogens is 3. The van der Waals surface area contributed by atoms with Crippen LogP contribution in [0.3, 0.4) is 0 Å². The van der Waals surface area contributed by atoms with Crippen LogP contribution < -0.4 is 66.3 Å². The number of nitrogens with zero attached hydrogens (tertiary/aromatic N) is 5. The average Bonchev–Trinajstić information content (AvgIpc) is 3.25. The van der Waals surface area contributed by atoms with E-state index in [0.717, 1.165) is 43.1 Å². The van der Waals surface area contributed by atoms with Crippen LogP contribution in [0.15, 0.2) is 28.9 Å². The van der Waals surface area contributed by atoms with Crippen molar-refractivity contribution >= 4 is 23.3 Å². The van der Waals surface area contributed by atoms with Crippen LogP contribution in [-0.2, 0) is 12.8 Å². The smallest absolute Gasteiger partial charge is 1.00 e. The SMILES string of the molecule is COc1cc(N2CCN(C)CC2)ccc1Nc1ncc2c(n1)-c1onc(C(=O)O)c1CC2.[H-].[K+]. The summed E-state index contributed by atoms with van der Waals surface area (Å²) >= 11 is 0. The first-order valence-corrected chi connectivity index (χ1v) is 10.5. The average molecular weight is 477 g/mol. The van der Waals surface area contributed by atoms with E-state index in [1.807, 2.05) is 12.1 Å². The molecule has 1 aliphatic carbocycles. The largest absolute Gasteiger partial charge is 1.00 e. The van der Waals surface area contributed by atoms with E-state index in [2.05, 4.69) is 43.4 Å². The molecule has 1 fully saturated rings. The quantitative estimate of drug-likeness (QED) is 0.469. The number of likely N-dealkylation sites (N-methyl/N-ethyl adjacent to an activating group) is 1. The van der Waals surface area contributed by atoms with Gasteiger partial charge in [0.15, 0.2) is 11.5 Å².